The molecular weight excluding hydrogens is 242 g/mol. The third kappa shape index (κ3) is 2.26. The molecule has 0 unspecified atom stereocenters. The Labute approximate surface area is 114 Å². The summed E-state index contributed by atoms with van der Waals surface area (Å²) in [4.78, 5) is 26.2. The lowest BCUT2D eigenvalue weighted by atomic mass is 9.58. The fourth-order valence-electron chi connectivity index (χ4n) is 4.49. The van der Waals surface area contributed by atoms with E-state index in [2.05, 4.69) is 0 Å². The summed E-state index contributed by atoms with van der Waals surface area (Å²) < 4.78 is 0. The second-order valence-corrected chi connectivity index (χ2v) is 6.45. The Morgan fingerprint density at radius 2 is 1.37 bits per heavy atom. The highest BCUT2D eigenvalue weighted by molar-refractivity contribution is 5.85. The van der Waals surface area contributed by atoms with Gasteiger partial charge in [0.15, 0.2) is 0 Å². The van der Waals surface area contributed by atoms with Crippen LogP contribution >= 0.6 is 0 Å². The number of carboxylic acid groups (broad SMARTS) is 1. The third-order valence-corrected chi connectivity index (χ3v) is 5.46. The molecule has 0 aromatic heterocycles. The molecule has 19 heavy (non-hydrogen) atoms. The first kappa shape index (κ1) is 12.9. The number of rotatable bonds is 2. The fraction of sp³-hybridized carbons (Fsp3) is 0.867. The Morgan fingerprint density at radius 1 is 0.842 bits per heavy atom. The van der Waals surface area contributed by atoms with E-state index in [1.807, 2.05) is 4.90 Å². The van der Waals surface area contributed by atoms with Gasteiger partial charge in [-0.1, -0.05) is 0 Å². The van der Waals surface area contributed by atoms with Crippen molar-refractivity contribution >= 4 is 11.9 Å². The average Bonchev–Trinajstić information content (AvgIpc) is 2.47. The number of carbonyl (C=O) groups is 2. The van der Waals surface area contributed by atoms with E-state index < -0.39 is 11.9 Å². The summed E-state index contributed by atoms with van der Waals surface area (Å²) in [6.45, 7) is 1.66. The van der Waals surface area contributed by atoms with E-state index in [-0.39, 0.29) is 17.7 Å². The molecule has 1 amide bonds. The van der Waals surface area contributed by atoms with Crippen LogP contribution in [0.25, 0.3) is 0 Å². The number of amides is 1. The molecule has 2 bridgehead atoms. The molecule has 106 valence electrons. The zero-order chi connectivity index (χ0) is 13.4. The van der Waals surface area contributed by atoms with Crippen molar-refractivity contribution in [3.8, 4) is 0 Å². The second-order valence-electron chi connectivity index (χ2n) is 6.45. The smallest absolute Gasteiger partial charge is 0.307 e. The van der Waals surface area contributed by atoms with Gasteiger partial charge in [-0.2, -0.15) is 0 Å². The highest BCUT2D eigenvalue weighted by Crippen LogP contribution is 2.49. The summed E-state index contributed by atoms with van der Waals surface area (Å²) >= 11 is 0. The molecule has 1 N–H and O–H groups in total. The van der Waals surface area contributed by atoms with Crippen molar-refractivity contribution in [3.05, 3.63) is 0 Å². The van der Waals surface area contributed by atoms with Gasteiger partial charge in [0, 0.05) is 13.1 Å². The minimum Gasteiger partial charge on any atom is -0.481 e. The van der Waals surface area contributed by atoms with Gasteiger partial charge in [0.25, 0.3) is 0 Å². The topological polar surface area (TPSA) is 57.6 Å². The first-order chi connectivity index (χ1) is 9.18. The molecule has 4 rings (SSSR count). The molecule has 1 aliphatic heterocycles. The van der Waals surface area contributed by atoms with Gasteiger partial charge in [0.1, 0.15) is 0 Å². The van der Waals surface area contributed by atoms with Crippen LogP contribution in [0, 0.1) is 23.7 Å². The molecule has 0 aromatic rings. The van der Waals surface area contributed by atoms with Crippen molar-refractivity contribution in [2.75, 3.05) is 13.1 Å². The van der Waals surface area contributed by atoms with Crippen molar-refractivity contribution in [2.45, 2.75) is 44.9 Å². The van der Waals surface area contributed by atoms with Crippen LogP contribution in [0.15, 0.2) is 0 Å². The van der Waals surface area contributed by atoms with Crippen LogP contribution in [0.3, 0.4) is 0 Å². The molecule has 4 nitrogen and oxygen atoms in total. The summed E-state index contributed by atoms with van der Waals surface area (Å²) in [5.74, 6) is -0.696. The van der Waals surface area contributed by atoms with Crippen LogP contribution in [0.2, 0.25) is 0 Å². The van der Waals surface area contributed by atoms with E-state index in [0.717, 1.165) is 51.6 Å². The first-order valence-electron chi connectivity index (χ1n) is 7.70. The predicted octanol–water partition coefficient (Wildman–Crippen LogP) is 2.14. The number of aliphatic carboxylic acids is 1. The van der Waals surface area contributed by atoms with Gasteiger partial charge in [-0.05, 0) is 56.8 Å². The lowest BCUT2D eigenvalue weighted by Crippen LogP contribution is -2.52. The number of hydrogen-bond donors (Lipinski definition) is 1. The number of carboxylic acids is 1. The van der Waals surface area contributed by atoms with Gasteiger partial charge >= 0.3 is 5.97 Å². The standard InChI is InChI=1S/C15H23NO3/c17-14(16-8-2-1-3-9-16)12-10-4-6-11(7-5-10)13(12)15(18)19/h10-13H,1-9H2,(H,18,19)/t10?,11?,12-,13-/m1/s1. The number of carbonyl (C=O) groups excluding carboxylic acids is 1. The summed E-state index contributed by atoms with van der Waals surface area (Å²) in [6.07, 6.45) is 7.46. The Bertz CT molecular complexity index is 368. The zero-order valence-corrected chi connectivity index (χ0v) is 11.4. The highest BCUT2D eigenvalue weighted by atomic mass is 16.4. The maximum Gasteiger partial charge on any atom is 0.307 e. The van der Waals surface area contributed by atoms with Gasteiger partial charge in [-0.3, -0.25) is 9.59 Å². The first-order valence-corrected chi connectivity index (χ1v) is 7.70. The van der Waals surface area contributed by atoms with Crippen molar-refractivity contribution < 1.29 is 14.7 Å². The van der Waals surface area contributed by atoms with Crippen molar-refractivity contribution in [1.82, 2.24) is 4.90 Å². The van der Waals surface area contributed by atoms with Crippen molar-refractivity contribution in [3.63, 3.8) is 0 Å². The number of likely N-dealkylation sites (tertiary alicyclic amines) is 1. The quantitative estimate of drug-likeness (QED) is 0.832. The molecule has 4 fully saturated rings. The van der Waals surface area contributed by atoms with Gasteiger partial charge in [0.2, 0.25) is 5.91 Å². The lowest BCUT2D eigenvalue weighted by molar-refractivity contribution is -0.162. The van der Waals surface area contributed by atoms with Gasteiger partial charge < -0.3 is 10.0 Å². The average molecular weight is 265 g/mol. The zero-order valence-electron chi connectivity index (χ0n) is 11.4. The summed E-state index contributed by atoms with van der Waals surface area (Å²) in [5.41, 5.74) is 0. The van der Waals surface area contributed by atoms with Crippen LogP contribution < -0.4 is 0 Å². The summed E-state index contributed by atoms with van der Waals surface area (Å²) in [5, 5.41) is 9.51. The number of fused-ring (bicyclic) bond motifs is 3. The van der Waals surface area contributed by atoms with Crippen LogP contribution in [-0.4, -0.2) is 35.0 Å². The normalized spacial score (nSPS) is 38.2. The van der Waals surface area contributed by atoms with Gasteiger partial charge in [0.05, 0.1) is 11.8 Å². The van der Waals surface area contributed by atoms with Gasteiger partial charge in [-0.15, -0.1) is 0 Å². The summed E-state index contributed by atoms with van der Waals surface area (Å²) in [6, 6.07) is 0. The van der Waals surface area contributed by atoms with E-state index in [4.69, 9.17) is 0 Å². The molecule has 2 atom stereocenters. The largest absolute Gasteiger partial charge is 0.481 e. The molecule has 1 heterocycles. The maximum atomic E-state index is 12.7. The Balaban J connectivity index is 1.80. The molecular formula is C15H23NO3. The summed E-state index contributed by atoms with van der Waals surface area (Å²) in [7, 11) is 0. The van der Waals surface area contributed by atoms with Crippen molar-refractivity contribution in [1.29, 1.82) is 0 Å². The minimum absolute atomic E-state index is 0.140. The Morgan fingerprint density at radius 3 is 1.89 bits per heavy atom. The molecule has 4 heteroatoms. The Kier molecular flexibility index (Phi) is 3.50. The lowest BCUT2D eigenvalue weighted by Gasteiger charge is -2.47. The van der Waals surface area contributed by atoms with E-state index in [1.54, 1.807) is 0 Å². The van der Waals surface area contributed by atoms with E-state index in [0.29, 0.717) is 5.92 Å². The molecule has 4 aliphatic rings. The highest BCUT2D eigenvalue weighted by Gasteiger charge is 2.51. The van der Waals surface area contributed by atoms with E-state index in [1.165, 1.54) is 6.42 Å². The number of piperidine rings is 1. The molecule has 1 saturated heterocycles. The monoisotopic (exact) mass is 265 g/mol. The molecule has 0 spiro atoms. The van der Waals surface area contributed by atoms with Crippen LogP contribution in [0.1, 0.15) is 44.9 Å². The number of hydrogen-bond acceptors (Lipinski definition) is 2. The number of nitrogens with zero attached hydrogens (tertiary/aromatic N) is 1. The van der Waals surface area contributed by atoms with Crippen LogP contribution in [-0.2, 0) is 9.59 Å². The SMILES string of the molecule is O=C(O)[C@@H]1C2CCC(CC2)[C@H]1C(=O)N1CCCCC1. The molecule has 0 aromatic carbocycles. The predicted molar refractivity (Wildman–Crippen MR) is 70.5 cm³/mol. The van der Waals surface area contributed by atoms with Crippen LogP contribution in [0.4, 0.5) is 0 Å². The second kappa shape index (κ2) is 5.14. The maximum absolute atomic E-state index is 12.7. The fourth-order valence-corrected chi connectivity index (χ4v) is 4.49. The van der Waals surface area contributed by atoms with Gasteiger partial charge in [-0.25, -0.2) is 0 Å². The minimum atomic E-state index is -0.746. The van der Waals surface area contributed by atoms with E-state index in [9.17, 15) is 14.7 Å². The van der Waals surface area contributed by atoms with Crippen molar-refractivity contribution in [2.24, 2.45) is 23.7 Å². The Hall–Kier alpha value is -1.06. The third-order valence-electron chi connectivity index (χ3n) is 5.46. The molecule has 3 aliphatic carbocycles. The van der Waals surface area contributed by atoms with E-state index >= 15 is 0 Å². The molecule has 0 radical (unpaired) electrons. The van der Waals surface area contributed by atoms with Crippen LogP contribution in [0.5, 0.6) is 0 Å². The molecule has 3 saturated carbocycles.